The van der Waals surface area contributed by atoms with Crippen LogP contribution in [0.15, 0.2) is 0 Å². The summed E-state index contributed by atoms with van der Waals surface area (Å²) in [5.74, 6) is 0. The summed E-state index contributed by atoms with van der Waals surface area (Å²) >= 11 is 0. The monoisotopic (exact) mass is 189 g/mol. The van der Waals surface area contributed by atoms with Crippen LogP contribution in [0.5, 0.6) is 0 Å². The smallest absolute Gasteiger partial charge is 0.0642 e. The number of ether oxygens (including phenoxy) is 1. The third-order valence-corrected chi connectivity index (χ3v) is 1.86. The number of hydrogen-bond acceptors (Lipinski definition) is 3. The normalized spacial score (nSPS) is 13.2. The van der Waals surface area contributed by atoms with E-state index in [1.165, 1.54) is 0 Å². The molecule has 0 amide bonds. The molecule has 0 fully saturated rings. The molecule has 0 bridgehead atoms. The highest BCUT2D eigenvalue weighted by Gasteiger charge is 2.04. The van der Waals surface area contributed by atoms with E-state index in [4.69, 9.17) is 9.84 Å². The molecule has 0 aromatic heterocycles. The van der Waals surface area contributed by atoms with E-state index in [0.717, 1.165) is 32.4 Å². The molecule has 0 rings (SSSR count). The Morgan fingerprint density at radius 2 is 2.08 bits per heavy atom. The molecule has 2 N–H and O–H groups in total. The van der Waals surface area contributed by atoms with Gasteiger partial charge in [0.1, 0.15) is 0 Å². The van der Waals surface area contributed by atoms with Gasteiger partial charge in [-0.05, 0) is 19.4 Å². The number of aliphatic hydroxyl groups excluding tert-OH is 1. The Kier molecular flexibility index (Phi) is 9.87. The lowest BCUT2D eigenvalue weighted by atomic mass is 10.3. The van der Waals surface area contributed by atoms with Crippen molar-refractivity contribution in [2.24, 2.45) is 0 Å². The third kappa shape index (κ3) is 8.22. The van der Waals surface area contributed by atoms with Crippen LogP contribution in [-0.2, 0) is 4.74 Å². The number of rotatable bonds is 9. The van der Waals surface area contributed by atoms with Crippen LogP contribution in [0.2, 0.25) is 0 Å². The summed E-state index contributed by atoms with van der Waals surface area (Å²) in [5, 5.41) is 12.2. The van der Waals surface area contributed by atoms with Gasteiger partial charge in [0.25, 0.3) is 0 Å². The molecule has 13 heavy (non-hydrogen) atoms. The minimum Gasteiger partial charge on any atom is -0.395 e. The van der Waals surface area contributed by atoms with Crippen LogP contribution in [0.25, 0.3) is 0 Å². The van der Waals surface area contributed by atoms with E-state index in [0.29, 0.717) is 6.61 Å². The Labute approximate surface area is 81.5 Å². The van der Waals surface area contributed by atoms with Gasteiger partial charge < -0.3 is 15.2 Å². The molecule has 0 radical (unpaired) electrons. The van der Waals surface area contributed by atoms with Crippen molar-refractivity contribution in [2.75, 3.05) is 26.4 Å². The molecule has 0 saturated heterocycles. The fourth-order valence-corrected chi connectivity index (χ4v) is 0.997. The number of nitrogens with one attached hydrogen (secondary N) is 1. The van der Waals surface area contributed by atoms with Crippen LogP contribution in [0, 0.1) is 0 Å². The van der Waals surface area contributed by atoms with E-state index < -0.39 is 0 Å². The molecular formula is C10H23NO2. The van der Waals surface area contributed by atoms with Gasteiger partial charge in [-0.3, -0.25) is 0 Å². The highest BCUT2D eigenvalue weighted by Crippen LogP contribution is 1.91. The molecule has 0 aliphatic carbocycles. The van der Waals surface area contributed by atoms with Crippen molar-refractivity contribution in [3.05, 3.63) is 0 Å². The quantitative estimate of drug-likeness (QED) is 0.535. The summed E-state index contributed by atoms with van der Waals surface area (Å²) in [6.07, 6.45) is 3.35. The standard InChI is InChI=1S/C10H23NO2/c1-3-5-7-13-9-10(8-12)11-6-4-2/h10-12H,3-9H2,1-2H3. The SMILES string of the molecule is CCCCOCC(CO)NCCC. The average molecular weight is 189 g/mol. The lowest BCUT2D eigenvalue weighted by molar-refractivity contribution is 0.0870. The van der Waals surface area contributed by atoms with Gasteiger partial charge in [0.05, 0.1) is 19.3 Å². The van der Waals surface area contributed by atoms with Crippen LogP contribution >= 0.6 is 0 Å². The van der Waals surface area contributed by atoms with Crippen molar-refractivity contribution in [3.63, 3.8) is 0 Å². The van der Waals surface area contributed by atoms with Gasteiger partial charge in [0.15, 0.2) is 0 Å². The molecule has 0 saturated carbocycles. The largest absolute Gasteiger partial charge is 0.395 e. The van der Waals surface area contributed by atoms with E-state index in [-0.39, 0.29) is 12.6 Å². The van der Waals surface area contributed by atoms with Crippen LogP contribution in [0.4, 0.5) is 0 Å². The second-order valence-electron chi connectivity index (χ2n) is 3.26. The van der Waals surface area contributed by atoms with Crippen molar-refractivity contribution in [1.82, 2.24) is 5.32 Å². The minimum atomic E-state index is 0.108. The predicted octanol–water partition coefficient (Wildman–Crippen LogP) is 1.16. The minimum absolute atomic E-state index is 0.108. The maximum Gasteiger partial charge on any atom is 0.0642 e. The van der Waals surface area contributed by atoms with E-state index in [1.54, 1.807) is 0 Å². The van der Waals surface area contributed by atoms with Crippen molar-refractivity contribution < 1.29 is 9.84 Å². The first-order valence-corrected chi connectivity index (χ1v) is 5.27. The Morgan fingerprint density at radius 1 is 1.31 bits per heavy atom. The molecule has 80 valence electrons. The number of hydrogen-bond donors (Lipinski definition) is 2. The lowest BCUT2D eigenvalue weighted by Crippen LogP contribution is -2.37. The third-order valence-electron chi connectivity index (χ3n) is 1.86. The summed E-state index contributed by atoms with van der Waals surface area (Å²) < 4.78 is 5.40. The molecule has 1 atom stereocenters. The van der Waals surface area contributed by atoms with Gasteiger partial charge in [-0.25, -0.2) is 0 Å². The topological polar surface area (TPSA) is 41.5 Å². The molecule has 0 spiro atoms. The Hall–Kier alpha value is -0.120. The number of unbranched alkanes of at least 4 members (excludes halogenated alkanes) is 1. The summed E-state index contributed by atoms with van der Waals surface area (Å²) in [5.41, 5.74) is 0. The zero-order valence-corrected chi connectivity index (χ0v) is 8.88. The van der Waals surface area contributed by atoms with Gasteiger partial charge >= 0.3 is 0 Å². The van der Waals surface area contributed by atoms with E-state index >= 15 is 0 Å². The summed E-state index contributed by atoms with van der Waals surface area (Å²) in [6, 6.07) is 0.108. The zero-order valence-electron chi connectivity index (χ0n) is 8.88. The van der Waals surface area contributed by atoms with E-state index in [9.17, 15) is 0 Å². The molecule has 3 heteroatoms. The second-order valence-corrected chi connectivity index (χ2v) is 3.26. The van der Waals surface area contributed by atoms with Crippen molar-refractivity contribution in [1.29, 1.82) is 0 Å². The molecule has 1 unspecified atom stereocenters. The summed E-state index contributed by atoms with van der Waals surface area (Å²) in [6.45, 7) is 6.79. The van der Waals surface area contributed by atoms with Gasteiger partial charge in [-0.15, -0.1) is 0 Å². The van der Waals surface area contributed by atoms with E-state index in [1.807, 2.05) is 0 Å². The lowest BCUT2D eigenvalue weighted by Gasteiger charge is -2.15. The maximum absolute atomic E-state index is 8.97. The number of aliphatic hydroxyl groups is 1. The van der Waals surface area contributed by atoms with Crippen LogP contribution in [0.3, 0.4) is 0 Å². The molecular weight excluding hydrogens is 166 g/mol. The molecule has 3 nitrogen and oxygen atoms in total. The molecule has 0 aliphatic rings. The fourth-order valence-electron chi connectivity index (χ4n) is 0.997. The summed E-state index contributed by atoms with van der Waals surface area (Å²) in [4.78, 5) is 0. The average Bonchev–Trinajstić information content (AvgIpc) is 2.17. The highest BCUT2D eigenvalue weighted by atomic mass is 16.5. The highest BCUT2D eigenvalue weighted by molar-refractivity contribution is 4.63. The second kappa shape index (κ2) is 9.96. The molecule has 0 aliphatic heterocycles. The Morgan fingerprint density at radius 3 is 2.62 bits per heavy atom. The Balaban J connectivity index is 3.25. The van der Waals surface area contributed by atoms with Crippen molar-refractivity contribution in [3.8, 4) is 0 Å². The van der Waals surface area contributed by atoms with Crippen LogP contribution < -0.4 is 5.32 Å². The maximum atomic E-state index is 8.97. The van der Waals surface area contributed by atoms with Crippen molar-refractivity contribution in [2.45, 2.75) is 39.2 Å². The van der Waals surface area contributed by atoms with Gasteiger partial charge in [-0.2, -0.15) is 0 Å². The molecule has 0 aromatic rings. The zero-order chi connectivity index (χ0) is 9.94. The van der Waals surface area contributed by atoms with Gasteiger partial charge in [-0.1, -0.05) is 20.3 Å². The van der Waals surface area contributed by atoms with Gasteiger partial charge in [0.2, 0.25) is 0 Å². The Bertz CT molecular complexity index is 98.9. The van der Waals surface area contributed by atoms with Crippen LogP contribution in [0.1, 0.15) is 33.1 Å². The van der Waals surface area contributed by atoms with E-state index in [2.05, 4.69) is 19.2 Å². The first kappa shape index (κ1) is 12.9. The first-order chi connectivity index (χ1) is 6.35. The predicted molar refractivity (Wildman–Crippen MR) is 54.9 cm³/mol. The van der Waals surface area contributed by atoms with Crippen molar-refractivity contribution >= 4 is 0 Å². The van der Waals surface area contributed by atoms with Crippen LogP contribution in [-0.4, -0.2) is 37.5 Å². The summed E-state index contributed by atoms with van der Waals surface area (Å²) in [7, 11) is 0. The first-order valence-electron chi connectivity index (χ1n) is 5.27. The molecule has 0 heterocycles. The van der Waals surface area contributed by atoms with Gasteiger partial charge in [0, 0.05) is 6.61 Å². The fraction of sp³-hybridized carbons (Fsp3) is 1.00. The molecule has 0 aromatic carbocycles.